The van der Waals surface area contributed by atoms with Gasteiger partial charge in [0.15, 0.2) is 0 Å². The van der Waals surface area contributed by atoms with Crippen LogP contribution in [0.2, 0.25) is 0 Å². The average molecular weight is 316 g/mol. The Hall–Kier alpha value is -1.95. The third-order valence-corrected chi connectivity index (χ3v) is 5.05. The monoisotopic (exact) mass is 316 g/mol. The molecule has 1 heterocycles. The summed E-state index contributed by atoms with van der Waals surface area (Å²) < 4.78 is 0. The first-order valence-electron chi connectivity index (χ1n) is 7.69. The number of para-hydroxylation sites is 1. The van der Waals surface area contributed by atoms with Crippen LogP contribution in [0.5, 0.6) is 0 Å². The van der Waals surface area contributed by atoms with E-state index in [4.69, 9.17) is 5.73 Å². The maximum Gasteiger partial charge on any atom is 0.230 e. The number of carbonyl (C=O) groups excluding carboxylic acids is 1. The van der Waals surface area contributed by atoms with Crippen LogP contribution in [0.15, 0.2) is 24.3 Å². The van der Waals surface area contributed by atoms with Gasteiger partial charge in [-0.25, -0.2) is 0 Å². The maximum atomic E-state index is 12.1. The van der Waals surface area contributed by atoms with Gasteiger partial charge < -0.3 is 11.1 Å². The van der Waals surface area contributed by atoms with Crippen molar-refractivity contribution in [3.63, 3.8) is 0 Å². The molecule has 116 valence electrons. The van der Waals surface area contributed by atoms with Crippen molar-refractivity contribution in [3.8, 4) is 0 Å². The van der Waals surface area contributed by atoms with Crippen LogP contribution in [-0.4, -0.2) is 16.1 Å². The minimum Gasteiger partial charge on any atom is -0.398 e. The van der Waals surface area contributed by atoms with E-state index in [0.29, 0.717) is 16.7 Å². The normalized spacial score (nSPS) is 15.6. The fraction of sp³-hybridized carbons (Fsp3) is 0.438. The molecular weight excluding hydrogens is 296 g/mol. The van der Waals surface area contributed by atoms with Crippen molar-refractivity contribution in [3.05, 3.63) is 34.8 Å². The summed E-state index contributed by atoms with van der Waals surface area (Å²) >= 11 is 1.50. The van der Waals surface area contributed by atoms with E-state index in [-0.39, 0.29) is 12.3 Å². The molecule has 1 saturated carbocycles. The lowest BCUT2D eigenvalue weighted by Crippen LogP contribution is -2.15. The first kappa shape index (κ1) is 15.0. The quantitative estimate of drug-likeness (QED) is 0.848. The number of benzene rings is 1. The van der Waals surface area contributed by atoms with Crippen molar-refractivity contribution in [1.82, 2.24) is 10.2 Å². The first-order valence-corrected chi connectivity index (χ1v) is 8.50. The SMILES string of the molecule is Nc1ccccc1CC(=O)Nc1nnc(C2CCCCC2)s1. The Morgan fingerprint density at radius 3 is 2.77 bits per heavy atom. The molecule has 3 rings (SSSR count). The molecule has 1 aromatic carbocycles. The minimum absolute atomic E-state index is 0.107. The van der Waals surface area contributed by atoms with Crippen LogP contribution < -0.4 is 11.1 Å². The number of aromatic nitrogens is 2. The number of carbonyl (C=O) groups is 1. The molecule has 0 aliphatic heterocycles. The predicted octanol–water partition coefficient (Wildman–Crippen LogP) is 3.35. The number of amides is 1. The molecule has 1 aliphatic rings. The van der Waals surface area contributed by atoms with Gasteiger partial charge >= 0.3 is 0 Å². The van der Waals surface area contributed by atoms with Crippen molar-refractivity contribution < 1.29 is 4.79 Å². The number of nitrogen functional groups attached to an aromatic ring is 1. The topological polar surface area (TPSA) is 80.9 Å². The Morgan fingerprint density at radius 1 is 1.23 bits per heavy atom. The Labute approximate surface area is 134 Å². The van der Waals surface area contributed by atoms with E-state index in [0.717, 1.165) is 10.6 Å². The van der Waals surface area contributed by atoms with E-state index in [1.807, 2.05) is 18.2 Å². The molecule has 6 heteroatoms. The Morgan fingerprint density at radius 2 is 2.00 bits per heavy atom. The molecule has 3 N–H and O–H groups in total. The second-order valence-corrected chi connectivity index (χ2v) is 6.71. The number of nitrogens with zero attached hydrogens (tertiary/aromatic N) is 2. The number of nitrogens with one attached hydrogen (secondary N) is 1. The molecule has 0 bridgehead atoms. The molecule has 0 saturated heterocycles. The summed E-state index contributed by atoms with van der Waals surface area (Å²) in [5.74, 6) is 0.408. The van der Waals surface area contributed by atoms with Crippen molar-refractivity contribution >= 4 is 28.1 Å². The van der Waals surface area contributed by atoms with Gasteiger partial charge in [0.1, 0.15) is 5.01 Å². The van der Waals surface area contributed by atoms with Crippen molar-refractivity contribution in [2.24, 2.45) is 0 Å². The standard InChI is InChI=1S/C16H20N4OS/c17-13-9-5-4-8-12(13)10-14(21)18-16-20-19-15(22-16)11-6-2-1-3-7-11/h4-5,8-9,11H,1-3,6-7,10,17H2,(H,18,20,21). The maximum absolute atomic E-state index is 12.1. The Bertz CT molecular complexity index is 649. The summed E-state index contributed by atoms with van der Waals surface area (Å²) in [5, 5.41) is 12.8. The van der Waals surface area contributed by atoms with Gasteiger partial charge in [-0.05, 0) is 24.5 Å². The second kappa shape index (κ2) is 6.87. The molecule has 22 heavy (non-hydrogen) atoms. The van der Waals surface area contributed by atoms with Gasteiger partial charge in [0.2, 0.25) is 11.0 Å². The lowest BCUT2D eigenvalue weighted by atomic mass is 9.90. The number of nitrogens with two attached hydrogens (primary N) is 1. The Kier molecular flexibility index (Phi) is 4.68. The fourth-order valence-electron chi connectivity index (χ4n) is 2.83. The van der Waals surface area contributed by atoms with Gasteiger partial charge in [-0.1, -0.05) is 48.8 Å². The zero-order chi connectivity index (χ0) is 15.4. The molecule has 5 nitrogen and oxygen atoms in total. The van der Waals surface area contributed by atoms with Crippen LogP contribution in [0, 0.1) is 0 Å². The van der Waals surface area contributed by atoms with Crippen LogP contribution >= 0.6 is 11.3 Å². The smallest absolute Gasteiger partial charge is 0.230 e. The summed E-state index contributed by atoms with van der Waals surface area (Å²) in [7, 11) is 0. The summed E-state index contributed by atoms with van der Waals surface area (Å²) in [6.45, 7) is 0. The van der Waals surface area contributed by atoms with Crippen LogP contribution in [0.1, 0.15) is 48.6 Å². The largest absolute Gasteiger partial charge is 0.398 e. The van der Waals surface area contributed by atoms with Crippen LogP contribution in [-0.2, 0) is 11.2 Å². The van der Waals surface area contributed by atoms with Crippen molar-refractivity contribution in [1.29, 1.82) is 0 Å². The summed E-state index contributed by atoms with van der Waals surface area (Å²) in [5.41, 5.74) is 7.33. The van der Waals surface area contributed by atoms with Crippen LogP contribution in [0.4, 0.5) is 10.8 Å². The van der Waals surface area contributed by atoms with Gasteiger partial charge in [-0.15, -0.1) is 10.2 Å². The average Bonchev–Trinajstić information content (AvgIpc) is 2.99. The van der Waals surface area contributed by atoms with E-state index in [1.165, 1.54) is 43.4 Å². The van der Waals surface area contributed by atoms with E-state index >= 15 is 0 Å². The van der Waals surface area contributed by atoms with Crippen LogP contribution in [0.3, 0.4) is 0 Å². The number of hydrogen-bond donors (Lipinski definition) is 2. The minimum atomic E-state index is -0.107. The molecule has 1 aromatic heterocycles. The zero-order valence-electron chi connectivity index (χ0n) is 12.4. The van der Waals surface area contributed by atoms with Crippen molar-refractivity contribution in [2.75, 3.05) is 11.1 Å². The lowest BCUT2D eigenvalue weighted by molar-refractivity contribution is -0.115. The van der Waals surface area contributed by atoms with Gasteiger partial charge in [-0.2, -0.15) is 0 Å². The Balaban J connectivity index is 1.60. The molecule has 1 aliphatic carbocycles. The summed E-state index contributed by atoms with van der Waals surface area (Å²) in [6, 6.07) is 7.40. The van der Waals surface area contributed by atoms with Gasteiger partial charge in [0, 0.05) is 11.6 Å². The van der Waals surface area contributed by atoms with E-state index < -0.39 is 0 Å². The highest BCUT2D eigenvalue weighted by Crippen LogP contribution is 2.35. The molecule has 1 amide bonds. The highest BCUT2D eigenvalue weighted by atomic mass is 32.1. The fourth-order valence-corrected chi connectivity index (χ4v) is 3.76. The van der Waals surface area contributed by atoms with Gasteiger partial charge in [0.05, 0.1) is 6.42 Å². The highest BCUT2D eigenvalue weighted by molar-refractivity contribution is 7.15. The van der Waals surface area contributed by atoms with Gasteiger partial charge in [0.25, 0.3) is 0 Å². The number of rotatable bonds is 4. The lowest BCUT2D eigenvalue weighted by Gasteiger charge is -2.18. The third kappa shape index (κ3) is 3.62. The van der Waals surface area contributed by atoms with E-state index in [1.54, 1.807) is 6.07 Å². The van der Waals surface area contributed by atoms with Gasteiger partial charge in [-0.3, -0.25) is 4.79 Å². The summed E-state index contributed by atoms with van der Waals surface area (Å²) in [6.07, 6.45) is 6.47. The second-order valence-electron chi connectivity index (χ2n) is 5.70. The van der Waals surface area contributed by atoms with E-state index in [9.17, 15) is 4.79 Å². The molecule has 0 spiro atoms. The third-order valence-electron chi connectivity index (χ3n) is 4.05. The molecule has 1 fully saturated rings. The first-order chi connectivity index (χ1) is 10.7. The summed E-state index contributed by atoms with van der Waals surface area (Å²) in [4.78, 5) is 12.1. The predicted molar refractivity (Wildman–Crippen MR) is 88.9 cm³/mol. The number of hydrogen-bond acceptors (Lipinski definition) is 5. The molecule has 0 atom stereocenters. The van der Waals surface area contributed by atoms with E-state index in [2.05, 4.69) is 15.5 Å². The van der Waals surface area contributed by atoms with Crippen molar-refractivity contribution in [2.45, 2.75) is 44.4 Å². The zero-order valence-corrected chi connectivity index (χ0v) is 13.2. The number of anilines is 2. The molecule has 0 unspecified atom stereocenters. The molecular formula is C16H20N4OS. The van der Waals surface area contributed by atoms with Crippen LogP contribution in [0.25, 0.3) is 0 Å². The molecule has 2 aromatic rings. The molecule has 0 radical (unpaired) electrons. The highest BCUT2D eigenvalue weighted by Gasteiger charge is 2.20.